The van der Waals surface area contributed by atoms with Crippen LogP contribution in [-0.4, -0.2) is 43.7 Å². The lowest BCUT2D eigenvalue weighted by atomic mass is 10.0. The van der Waals surface area contributed by atoms with E-state index >= 15 is 0 Å². The second-order valence-corrected chi connectivity index (χ2v) is 9.57. The third-order valence-electron chi connectivity index (χ3n) is 7.05. The molecule has 1 aliphatic rings. The number of hydrogen-bond acceptors (Lipinski definition) is 7. The summed E-state index contributed by atoms with van der Waals surface area (Å²) in [7, 11) is 0. The summed E-state index contributed by atoms with van der Waals surface area (Å²) in [5.41, 5.74) is 10.3. The number of likely N-dealkylation sites (tertiary alicyclic amines) is 1. The molecule has 1 aromatic carbocycles. The molecule has 0 amide bonds. The van der Waals surface area contributed by atoms with Gasteiger partial charge in [-0.15, -0.1) is 0 Å². The molecule has 4 aromatic rings. The SMILES string of the molecule is C=C(C(C)C)N1CCC(n2c(=O)[nH]c(=O)c3cnc4ccc(-c5ccc(N)c(C=N)c5)nc4c32)CC1. The number of nitrogen functional groups attached to an aromatic ring is 1. The molecule has 36 heavy (non-hydrogen) atoms. The maximum atomic E-state index is 13.2. The fourth-order valence-electron chi connectivity index (χ4n) is 4.93. The normalized spacial score (nSPS) is 14.6. The van der Waals surface area contributed by atoms with E-state index in [-0.39, 0.29) is 6.04 Å². The van der Waals surface area contributed by atoms with E-state index in [1.807, 2.05) is 18.2 Å². The van der Waals surface area contributed by atoms with E-state index in [4.69, 9.17) is 16.1 Å². The molecule has 5 rings (SSSR count). The minimum Gasteiger partial charge on any atom is -0.398 e. The van der Waals surface area contributed by atoms with Gasteiger partial charge in [-0.3, -0.25) is 19.3 Å². The van der Waals surface area contributed by atoms with Gasteiger partial charge in [-0.05, 0) is 43.0 Å². The van der Waals surface area contributed by atoms with Crippen LogP contribution in [-0.2, 0) is 0 Å². The molecule has 0 aliphatic carbocycles. The number of fused-ring (bicyclic) bond motifs is 3. The second-order valence-electron chi connectivity index (χ2n) is 9.57. The first-order valence-electron chi connectivity index (χ1n) is 12.1. The number of aromatic nitrogens is 4. The Kier molecular flexibility index (Phi) is 5.91. The topological polar surface area (TPSA) is 134 Å². The van der Waals surface area contributed by atoms with Gasteiger partial charge in [0.2, 0.25) is 0 Å². The van der Waals surface area contributed by atoms with Crippen molar-refractivity contribution < 1.29 is 0 Å². The van der Waals surface area contributed by atoms with Crippen LogP contribution < -0.4 is 17.0 Å². The van der Waals surface area contributed by atoms with Gasteiger partial charge in [0.25, 0.3) is 5.56 Å². The monoisotopic (exact) mass is 483 g/mol. The van der Waals surface area contributed by atoms with Gasteiger partial charge in [-0.2, -0.15) is 0 Å². The Bertz CT molecular complexity index is 1630. The standard InChI is InChI=1S/C27H29N7O2/c1-15(2)16(3)33-10-8-19(9-11-33)34-25-20(26(35)32-27(34)36)14-30-23-7-6-22(31-24(23)25)17-4-5-21(29)18(12-17)13-28/h4-7,12-15,19,28H,3,8-11,29H2,1-2H3,(H,32,35,36). The molecular weight excluding hydrogens is 454 g/mol. The van der Waals surface area contributed by atoms with Gasteiger partial charge in [-0.1, -0.05) is 26.5 Å². The lowest BCUT2D eigenvalue weighted by Crippen LogP contribution is -2.40. The van der Waals surface area contributed by atoms with Crippen LogP contribution in [0.15, 0.2) is 58.4 Å². The zero-order chi connectivity index (χ0) is 25.6. The van der Waals surface area contributed by atoms with Crippen molar-refractivity contribution in [1.29, 1.82) is 5.41 Å². The van der Waals surface area contributed by atoms with E-state index in [0.717, 1.165) is 37.2 Å². The number of hydrogen-bond donors (Lipinski definition) is 3. The molecule has 9 nitrogen and oxygen atoms in total. The molecule has 4 heterocycles. The largest absolute Gasteiger partial charge is 0.398 e. The lowest BCUT2D eigenvalue weighted by Gasteiger charge is -2.37. The number of nitrogens with zero attached hydrogens (tertiary/aromatic N) is 4. The number of nitrogens with two attached hydrogens (primary N) is 1. The first-order chi connectivity index (χ1) is 17.3. The molecule has 9 heteroatoms. The molecule has 3 aromatic heterocycles. The van der Waals surface area contributed by atoms with Crippen molar-refractivity contribution >= 4 is 33.8 Å². The van der Waals surface area contributed by atoms with E-state index in [1.165, 1.54) is 12.4 Å². The van der Waals surface area contributed by atoms with E-state index < -0.39 is 11.2 Å². The highest BCUT2D eigenvalue weighted by Gasteiger charge is 2.26. The van der Waals surface area contributed by atoms with Crippen LogP contribution in [0.1, 0.15) is 38.3 Å². The third kappa shape index (κ3) is 3.96. The minimum atomic E-state index is -0.475. The zero-order valence-electron chi connectivity index (χ0n) is 20.4. The van der Waals surface area contributed by atoms with Gasteiger partial charge >= 0.3 is 5.69 Å². The highest BCUT2D eigenvalue weighted by atomic mass is 16.2. The van der Waals surface area contributed by atoms with Gasteiger partial charge < -0.3 is 16.0 Å². The number of rotatable bonds is 5. The van der Waals surface area contributed by atoms with Crippen molar-refractivity contribution in [3.63, 3.8) is 0 Å². The number of aromatic amines is 1. The molecular formula is C27H29N7O2. The van der Waals surface area contributed by atoms with E-state index in [1.54, 1.807) is 16.7 Å². The number of H-pyrrole nitrogens is 1. The maximum absolute atomic E-state index is 13.2. The number of piperidine rings is 1. The molecule has 0 bridgehead atoms. The van der Waals surface area contributed by atoms with Crippen LogP contribution in [0.4, 0.5) is 5.69 Å². The predicted octanol–water partition coefficient (Wildman–Crippen LogP) is 3.69. The smallest absolute Gasteiger partial charge is 0.329 e. The highest BCUT2D eigenvalue weighted by molar-refractivity contribution is 6.01. The Balaban J connectivity index is 1.67. The molecule has 184 valence electrons. The third-order valence-corrected chi connectivity index (χ3v) is 7.05. The van der Waals surface area contributed by atoms with Gasteiger partial charge in [0.15, 0.2) is 0 Å². The van der Waals surface area contributed by atoms with Gasteiger partial charge in [0.05, 0.1) is 22.1 Å². The molecule has 1 aliphatic heterocycles. The van der Waals surface area contributed by atoms with E-state index in [9.17, 15) is 9.59 Å². The van der Waals surface area contributed by atoms with Crippen molar-refractivity contribution in [2.45, 2.75) is 32.7 Å². The highest BCUT2D eigenvalue weighted by Crippen LogP contribution is 2.30. The Morgan fingerprint density at radius 3 is 2.67 bits per heavy atom. The molecule has 0 saturated carbocycles. The molecule has 4 N–H and O–H groups in total. The average molecular weight is 484 g/mol. The Labute approximate surface area is 207 Å². The summed E-state index contributed by atoms with van der Waals surface area (Å²) in [6, 6.07) is 8.96. The number of pyridine rings is 2. The van der Waals surface area contributed by atoms with Crippen LogP contribution in [0.2, 0.25) is 0 Å². The Morgan fingerprint density at radius 2 is 1.97 bits per heavy atom. The van der Waals surface area contributed by atoms with Crippen molar-refractivity contribution in [1.82, 2.24) is 24.4 Å². The van der Waals surface area contributed by atoms with Crippen molar-refractivity contribution in [2.24, 2.45) is 5.92 Å². The van der Waals surface area contributed by atoms with E-state index in [0.29, 0.717) is 44.8 Å². The summed E-state index contributed by atoms with van der Waals surface area (Å²) < 4.78 is 1.69. The number of allylic oxidation sites excluding steroid dienone is 1. The van der Waals surface area contributed by atoms with Crippen molar-refractivity contribution in [2.75, 3.05) is 18.8 Å². The zero-order valence-corrected chi connectivity index (χ0v) is 20.4. The van der Waals surface area contributed by atoms with Crippen LogP contribution in [0.3, 0.4) is 0 Å². The summed E-state index contributed by atoms with van der Waals surface area (Å²) in [6.45, 7) is 10.0. The summed E-state index contributed by atoms with van der Waals surface area (Å²) in [6.07, 6.45) is 4.21. The van der Waals surface area contributed by atoms with Gasteiger partial charge in [-0.25, -0.2) is 9.78 Å². The van der Waals surface area contributed by atoms with Gasteiger partial charge in [0, 0.05) is 54.1 Å². The fraction of sp³-hybridized carbons (Fsp3) is 0.296. The summed E-state index contributed by atoms with van der Waals surface area (Å²) in [4.78, 5) is 40.0. The fourth-order valence-corrected chi connectivity index (χ4v) is 4.93. The molecule has 0 atom stereocenters. The summed E-state index contributed by atoms with van der Waals surface area (Å²) in [5.74, 6) is 0.359. The number of benzene rings is 1. The predicted molar refractivity (Wildman–Crippen MR) is 143 cm³/mol. The van der Waals surface area contributed by atoms with E-state index in [2.05, 4.69) is 35.3 Å². The minimum absolute atomic E-state index is 0.0924. The number of anilines is 1. The van der Waals surface area contributed by atoms with Gasteiger partial charge in [0.1, 0.15) is 5.52 Å². The molecule has 0 radical (unpaired) electrons. The quantitative estimate of drug-likeness (QED) is 0.225. The maximum Gasteiger partial charge on any atom is 0.329 e. The van der Waals surface area contributed by atoms with Crippen molar-refractivity contribution in [3.05, 3.63) is 75.2 Å². The Hall–Kier alpha value is -4.27. The van der Waals surface area contributed by atoms with Crippen LogP contribution in [0.25, 0.3) is 33.2 Å². The van der Waals surface area contributed by atoms with Crippen LogP contribution in [0.5, 0.6) is 0 Å². The summed E-state index contributed by atoms with van der Waals surface area (Å²) >= 11 is 0. The average Bonchev–Trinajstić information content (AvgIpc) is 2.88. The van der Waals surface area contributed by atoms with Crippen LogP contribution >= 0.6 is 0 Å². The first-order valence-corrected chi connectivity index (χ1v) is 12.1. The lowest BCUT2D eigenvalue weighted by molar-refractivity contribution is 0.214. The summed E-state index contributed by atoms with van der Waals surface area (Å²) in [5, 5.41) is 7.95. The second kappa shape index (κ2) is 9.07. The Morgan fingerprint density at radius 1 is 1.22 bits per heavy atom. The molecule has 0 unspecified atom stereocenters. The molecule has 1 fully saturated rings. The van der Waals surface area contributed by atoms with Crippen LogP contribution in [0, 0.1) is 11.3 Å². The first kappa shape index (κ1) is 23.5. The molecule has 0 spiro atoms. The molecule has 1 saturated heterocycles. The van der Waals surface area contributed by atoms with Crippen molar-refractivity contribution in [3.8, 4) is 11.3 Å². The number of nitrogens with one attached hydrogen (secondary N) is 2.